The Labute approximate surface area is 241 Å². The van der Waals surface area contributed by atoms with Gasteiger partial charge in [0.05, 0.1) is 24.6 Å². The molecule has 0 bridgehead atoms. The predicted octanol–water partition coefficient (Wildman–Crippen LogP) is 6.32. The van der Waals surface area contributed by atoms with E-state index in [1.165, 1.54) is 50.0 Å². The Morgan fingerprint density at radius 2 is 1.70 bits per heavy atom. The molecule has 9 heteroatoms. The number of imidazole rings is 1. The number of carbonyl (C=O) groups is 1. The summed E-state index contributed by atoms with van der Waals surface area (Å²) in [6.07, 6.45) is 14.7. The van der Waals surface area contributed by atoms with Crippen molar-refractivity contribution in [2.24, 2.45) is 11.8 Å². The van der Waals surface area contributed by atoms with Crippen LogP contribution in [0.15, 0.2) is 30.5 Å². The Morgan fingerprint density at radius 1 is 1.00 bits per heavy atom. The van der Waals surface area contributed by atoms with E-state index in [1.54, 1.807) is 18.4 Å². The van der Waals surface area contributed by atoms with Gasteiger partial charge in [0, 0.05) is 50.3 Å². The van der Waals surface area contributed by atoms with Gasteiger partial charge in [0.2, 0.25) is 10.9 Å². The number of fused-ring (bicyclic) bond motifs is 1. The summed E-state index contributed by atoms with van der Waals surface area (Å²) in [6, 6.07) is 8.86. The molecule has 216 valence electrons. The van der Waals surface area contributed by atoms with E-state index in [4.69, 9.17) is 19.7 Å². The van der Waals surface area contributed by atoms with Gasteiger partial charge >= 0.3 is 0 Å². The summed E-state index contributed by atoms with van der Waals surface area (Å²) in [5.74, 6) is 1.24. The van der Waals surface area contributed by atoms with Gasteiger partial charge in [-0.25, -0.2) is 14.6 Å². The molecule has 6 rings (SSSR count). The first-order chi connectivity index (χ1) is 19.5. The standard InChI is InChI=1S/C31H43N5O3S/c1-34(39-3)29(37)24-11-9-23(10-12-24)28-33-36-21-27(32-30(36)40-28)22-13-15-26(16-14-22)35-19-17-31(38-2,18-20-35)25-7-5-4-6-8-25/h13-16,21,23-25H,4-12,17-20H2,1-3H3/t23-,24-. The van der Waals surface area contributed by atoms with Gasteiger partial charge in [-0.3, -0.25) is 9.63 Å². The molecule has 0 radical (unpaired) electrons. The number of benzene rings is 1. The number of nitrogens with zero attached hydrogens (tertiary/aromatic N) is 5. The van der Waals surface area contributed by atoms with Crippen molar-refractivity contribution in [3.05, 3.63) is 35.5 Å². The van der Waals surface area contributed by atoms with Crippen LogP contribution in [0.25, 0.3) is 16.2 Å². The van der Waals surface area contributed by atoms with E-state index in [9.17, 15) is 4.79 Å². The van der Waals surface area contributed by atoms with E-state index in [0.29, 0.717) is 5.92 Å². The maximum atomic E-state index is 12.4. The lowest BCUT2D eigenvalue weighted by molar-refractivity contribution is -0.174. The Hall–Kier alpha value is -2.49. The van der Waals surface area contributed by atoms with Gasteiger partial charge in [0.1, 0.15) is 5.01 Å². The average Bonchev–Trinajstić information content (AvgIpc) is 3.61. The second kappa shape index (κ2) is 11.8. The number of aromatic nitrogens is 3. The second-order valence-electron chi connectivity index (χ2n) is 12.0. The van der Waals surface area contributed by atoms with E-state index in [1.807, 2.05) is 17.8 Å². The Bertz CT molecular complexity index is 1250. The SMILES string of the molecule is CON(C)C(=O)[C@H]1CC[C@H](c2nn3cc(-c4ccc(N5CCC(OC)(C6CCCCC6)CC5)cc4)nc3s2)CC1. The molecule has 3 fully saturated rings. The highest BCUT2D eigenvalue weighted by atomic mass is 32.1. The lowest BCUT2D eigenvalue weighted by Crippen LogP contribution is -2.50. The number of amides is 1. The van der Waals surface area contributed by atoms with E-state index in [2.05, 4.69) is 29.2 Å². The van der Waals surface area contributed by atoms with Crippen LogP contribution >= 0.6 is 11.3 Å². The molecule has 0 unspecified atom stereocenters. The minimum Gasteiger partial charge on any atom is -0.378 e. The van der Waals surface area contributed by atoms with Gasteiger partial charge in [0.15, 0.2) is 0 Å². The monoisotopic (exact) mass is 565 g/mol. The van der Waals surface area contributed by atoms with E-state index >= 15 is 0 Å². The van der Waals surface area contributed by atoms with Crippen LogP contribution in [0.5, 0.6) is 0 Å². The number of hydrogen-bond donors (Lipinski definition) is 0. The summed E-state index contributed by atoms with van der Waals surface area (Å²) in [4.78, 5) is 25.9. The maximum absolute atomic E-state index is 12.4. The zero-order valence-corrected chi connectivity index (χ0v) is 25.0. The van der Waals surface area contributed by atoms with Crippen molar-refractivity contribution < 1.29 is 14.4 Å². The number of hydroxylamine groups is 2. The molecule has 2 aromatic heterocycles. The molecule has 1 aromatic carbocycles. The van der Waals surface area contributed by atoms with Gasteiger partial charge in [0.25, 0.3) is 0 Å². The minimum atomic E-state index is 0.0455. The molecule has 0 N–H and O–H groups in total. The summed E-state index contributed by atoms with van der Waals surface area (Å²) in [6.45, 7) is 2.10. The maximum Gasteiger partial charge on any atom is 0.248 e. The zero-order valence-electron chi connectivity index (χ0n) is 24.2. The van der Waals surface area contributed by atoms with E-state index < -0.39 is 0 Å². The Balaban J connectivity index is 1.06. The summed E-state index contributed by atoms with van der Waals surface area (Å²) in [5, 5.41) is 7.37. The smallest absolute Gasteiger partial charge is 0.248 e. The number of anilines is 1. The first-order valence-corrected chi connectivity index (χ1v) is 15.9. The fraction of sp³-hybridized carbons (Fsp3) is 0.645. The van der Waals surface area contributed by atoms with E-state index in [-0.39, 0.29) is 17.4 Å². The normalized spacial score (nSPS) is 23.9. The van der Waals surface area contributed by atoms with Crippen LogP contribution in [0.4, 0.5) is 5.69 Å². The van der Waals surface area contributed by atoms with Gasteiger partial charge < -0.3 is 9.64 Å². The molecule has 2 saturated carbocycles. The van der Waals surface area contributed by atoms with Crippen molar-refractivity contribution in [1.82, 2.24) is 19.7 Å². The third kappa shape index (κ3) is 5.40. The summed E-state index contributed by atoms with van der Waals surface area (Å²) >= 11 is 1.68. The van der Waals surface area contributed by atoms with Crippen LogP contribution in [-0.4, -0.2) is 65.5 Å². The number of methoxy groups -OCH3 is 1. The molecular formula is C31H43N5O3S. The highest BCUT2D eigenvalue weighted by molar-refractivity contribution is 7.16. The van der Waals surface area contributed by atoms with Gasteiger partial charge in [-0.2, -0.15) is 5.10 Å². The number of hydrogen-bond acceptors (Lipinski definition) is 7. The van der Waals surface area contributed by atoms with Crippen LogP contribution in [0.2, 0.25) is 0 Å². The van der Waals surface area contributed by atoms with Gasteiger partial charge in [-0.15, -0.1) is 0 Å². The van der Waals surface area contributed by atoms with Crippen LogP contribution < -0.4 is 4.90 Å². The molecule has 0 atom stereocenters. The third-order valence-corrected chi connectivity index (χ3v) is 11.0. The Morgan fingerprint density at radius 3 is 2.33 bits per heavy atom. The number of piperidine rings is 1. The molecule has 3 aliphatic rings. The molecular weight excluding hydrogens is 522 g/mol. The molecule has 1 aliphatic heterocycles. The van der Waals surface area contributed by atoms with Gasteiger partial charge in [-0.1, -0.05) is 42.7 Å². The van der Waals surface area contributed by atoms with E-state index in [0.717, 1.165) is 78.8 Å². The molecule has 1 saturated heterocycles. The molecule has 8 nitrogen and oxygen atoms in total. The highest BCUT2D eigenvalue weighted by Gasteiger charge is 2.42. The third-order valence-electron chi connectivity index (χ3n) is 9.96. The zero-order chi connectivity index (χ0) is 27.7. The first-order valence-electron chi connectivity index (χ1n) is 15.1. The van der Waals surface area contributed by atoms with Crippen molar-refractivity contribution in [3.8, 4) is 11.3 Å². The lowest BCUT2D eigenvalue weighted by atomic mass is 9.72. The van der Waals surface area contributed by atoms with Crippen molar-refractivity contribution in [2.75, 3.05) is 39.3 Å². The van der Waals surface area contributed by atoms with Crippen molar-refractivity contribution in [2.45, 2.75) is 82.1 Å². The Kier molecular flexibility index (Phi) is 8.15. The quantitative estimate of drug-likeness (QED) is 0.312. The van der Waals surface area contributed by atoms with Crippen molar-refractivity contribution >= 4 is 27.9 Å². The largest absolute Gasteiger partial charge is 0.378 e. The molecule has 3 heterocycles. The molecule has 2 aliphatic carbocycles. The molecule has 1 amide bonds. The number of ether oxygens (including phenoxy) is 1. The first kappa shape index (κ1) is 27.7. The van der Waals surface area contributed by atoms with Crippen molar-refractivity contribution in [1.29, 1.82) is 0 Å². The highest BCUT2D eigenvalue weighted by Crippen LogP contribution is 2.42. The summed E-state index contributed by atoms with van der Waals surface area (Å²) in [7, 11) is 5.16. The lowest BCUT2D eigenvalue weighted by Gasteiger charge is -2.47. The van der Waals surface area contributed by atoms with Crippen LogP contribution in [-0.2, 0) is 14.4 Å². The number of rotatable bonds is 7. The summed E-state index contributed by atoms with van der Waals surface area (Å²) in [5.41, 5.74) is 3.43. The topological polar surface area (TPSA) is 72.2 Å². The molecule has 40 heavy (non-hydrogen) atoms. The predicted molar refractivity (Wildman–Crippen MR) is 159 cm³/mol. The minimum absolute atomic E-state index is 0.0455. The second-order valence-corrected chi connectivity index (χ2v) is 13.0. The fourth-order valence-electron chi connectivity index (χ4n) is 7.35. The van der Waals surface area contributed by atoms with Crippen molar-refractivity contribution in [3.63, 3.8) is 0 Å². The van der Waals surface area contributed by atoms with Crippen LogP contribution in [0.3, 0.4) is 0 Å². The fourth-order valence-corrected chi connectivity index (χ4v) is 8.40. The van der Waals surface area contributed by atoms with Crippen LogP contribution in [0, 0.1) is 11.8 Å². The summed E-state index contributed by atoms with van der Waals surface area (Å²) < 4.78 is 8.14. The average molecular weight is 566 g/mol. The van der Waals surface area contributed by atoms with Gasteiger partial charge in [-0.05, 0) is 69.4 Å². The van der Waals surface area contributed by atoms with Crippen LogP contribution in [0.1, 0.15) is 81.6 Å². The molecule has 3 aromatic rings. The number of carbonyl (C=O) groups excluding carboxylic acids is 1. The molecule has 0 spiro atoms.